The van der Waals surface area contributed by atoms with Gasteiger partial charge in [-0.2, -0.15) is 0 Å². The number of ether oxygens (including phenoxy) is 9. The minimum atomic E-state index is 0. The first-order chi connectivity index (χ1) is 28.5. The Hall–Kier alpha value is -2.62. The van der Waals surface area contributed by atoms with E-state index in [2.05, 4.69) is 20.9 Å². The van der Waals surface area contributed by atoms with E-state index >= 15 is 0 Å². The van der Waals surface area contributed by atoms with Gasteiger partial charge in [0.25, 0.3) is 0 Å². The van der Waals surface area contributed by atoms with Crippen LogP contribution in [-0.4, -0.2) is 160 Å². The zero-order valence-corrected chi connectivity index (χ0v) is 37.1. The third kappa shape index (κ3) is 22.2. The monoisotopic (exact) mass is 976 g/mol. The Balaban J connectivity index is 0.0000120. The van der Waals surface area contributed by atoms with Crippen molar-refractivity contribution < 1.29 is 97.9 Å². The molecule has 334 valence electrons. The Morgan fingerprint density at radius 3 is 1.00 bits per heavy atom. The molecule has 0 saturated carbocycles. The maximum atomic E-state index is 10.8. The van der Waals surface area contributed by atoms with Gasteiger partial charge in [0.05, 0.1) is 59.5 Å². The summed E-state index contributed by atoms with van der Waals surface area (Å²) in [6.45, 7) is 10.8. The average Bonchev–Trinajstić information content (AvgIpc) is 3.23. The van der Waals surface area contributed by atoms with Crippen LogP contribution in [0.15, 0.2) is 54.6 Å². The molecule has 0 radical (unpaired) electrons. The molecule has 0 spiro atoms. The minimum absolute atomic E-state index is 0. The third-order valence-corrected chi connectivity index (χ3v) is 8.76. The normalized spacial score (nSPS) is 11.2. The summed E-state index contributed by atoms with van der Waals surface area (Å²) in [4.78, 5) is 2.32. The van der Waals surface area contributed by atoms with Crippen LogP contribution in [0.5, 0.6) is 34.5 Å². The minimum Gasteiger partial charge on any atom is -0.504 e. The maximum absolute atomic E-state index is 10.8. The van der Waals surface area contributed by atoms with Crippen molar-refractivity contribution in [2.75, 3.05) is 140 Å². The van der Waals surface area contributed by atoms with Gasteiger partial charge in [0.15, 0.2) is 34.5 Å². The number of phenolic OH excluding ortho intramolecular Hbond substituents is 3. The number of hydrogen-bond donors (Lipinski definition) is 6. The predicted octanol–water partition coefficient (Wildman–Crippen LogP) is 2.90. The standard InChI is InChI=1S/C42H66N4O12.Gd/c1-50-19-22-53-25-28-56-37-10-4-7-34(40(37)47)31-43-13-16-46(17-14-44-32-35-8-5-11-38(41(35)48)57-29-26-54-23-20-51-2)18-15-45-33-36-9-6-12-39(42(36)49)58-30-27-55-24-21-52-3;/h4-12,43-45,47-49H,13-33H2,1-3H3;. The molecule has 3 aromatic rings. The van der Waals surface area contributed by atoms with Gasteiger partial charge in [-0.15, -0.1) is 0 Å². The molecule has 0 fully saturated rings. The van der Waals surface area contributed by atoms with Crippen LogP contribution in [0.2, 0.25) is 0 Å². The Morgan fingerprint density at radius 2 is 0.712 bits per heavy atom. The number of phenols is 3. The summed E-state index contributed by atoms with van der Waals surface area (Å²) in [7, 11) is 4.87. The van der Waals surface area contributed by atoms with Crippen LogP contribution < -0.4 is 30.2 Å². The topological polar surface area (TPSA) is 183 Å². The number of para-hydroxylation sites is 3. The van der Waals surface area contributed by atoms with Crippen molar-refractivity contribution in [1.29, 1.82) is 0 Å². The van der Waals surface area contributed by atoms with Crippen molar-refractivity contribution in [3.8, 4) is 34.5 Å². The van der Waals surface area contributed by atoms with E-state index in [1.54, 1.807) is 39.5 Å². The molecule has 6 N–H and O–H groups in total. The molecule has 16 nitrogen and oxygen atoms in total. The Labute approximate surface area is 381 Å². The number of methoxy groups -OCH3 is 3. The summed E-state index contributed by atoms with van der Waals surface area (Å²) in [5.74, 6) is 1.58. The van der Waals surface area contributed by atoms with Crippen molar-refractivity contribution in [2.24, 2.45) is 0 Å². The van der Waals surface area contributed by atoms with Crippen molar-refractivity contribution in [3.05, 3.63) is 71.3 Å². The van der Waals surface area contributed by atoms with Crippen LogP contribution in [-0.2, 0) is 48.1 Å². The summed E-state index contributed by atoms with van der Waals surface area (Å²) in [5, 5.41) is 42.8. The second-order valence-corrected chi connectivity index (χ2v) is 13.0. The molecule has 3 aromatic carbocycles. The Bertz CT molecular complexity index is 1340. The molecule has 0 aliphatic heterocycles. The maximum Gasteiger partial charge on any atom is 0.162 e. The van der Waals surface area contributed by atoms with Gasteiger partial charge in [-0.1, -0.05) is 36.4 Å². The van der Waals surface area contributed by atoms with Gasteiger partial charge in [-0.25, -0.2) is 0 Å². The molecule has 0 aliphatic rings. The van der Waals surface area contributed by atoms with Crippen LogP contribution in [0.1, 0.15) is 16.7 Å². The second kappa shape index (κ2) is 34.0. The number of nitrogens with one attached hydrogen (secondary N) is 3. The van der Waals surface area contributed by atoms with Gasteiger partial charge in [-0.05, 0) is 18.2 Å². The van der Waals surface area contributed by atoms with Gasteiger partial charge >= 0.3 is 0 Å². The molecular formula is C42H66GdN4O12. The van der Waals surface area contributed by atoms with Gasteiger partial charge in [0, 0.05) is 137 Å². The molecule has 59 heavy (non-hydrogen) atoms. The van der Waals surface area contributed by atoms with Crippen LogP contribution in [0.3, 0.4) is 0 Å². The first-order valence-corrected chi connectivity index (χ1v) is 19.8. The van der Waals surface area contributed by atoms with Gasteiger partial charge in [-0.3, -0.25) is 4.90 Å². The zero-order chi connectivity index (χ0) is 41.5. The molecule has 3 rings (SSSR count). The number of nitrogens with zero attached hydrogens (tertiary/aromatic N) is 1. The SMILES string of the molecule is COCCOCCOc1cccc(CNCCN(CCNCc2cccc(OCCOCCOC)c2O)CCNCc2cccc(OCCOCCOC)c2O)c1O.[Gd]. The third-order valence-electron chi connectivity index (χ3n) is 8.76. The van der Waals surface area contributed by atoms with E-state index in [4.69, 9.17) is 42.6 Å². The van der Waals surface area contributed by atoms with E-state index in [1.165, 1.54) is 0 Å². The van der Waals surface area contributed by atoms with E-state index in [-0.39, 0.29) is 57.2 Å². The van der Waals surface area contributed by atoms with Crippen molar-refractivity contribution in [1.82, 2.24) is 20.9 Å². The Kier molecular flexibility index (Phi) is 30.3. The fourth-order valence-electron chi connectivity index (χ4n) is 5.56. The first kappa shape index (κ1) is 52.5. The van der Waals surface area contributed by atoms with Crippen LogP contribution in [0, 0.1) is 39.9 Å². The molecule has 0 aliphatic carbocycles. The molecule has 0 unspecified atom stereocenters. The first-order valence-electron chi connectivity index (χ1n) is 19.8. The quantitative estimate of drug-likeness (QED) is 0.0468. The van der Waals surface area contributed by atoms with Gasteiger partial charge in [0.2, 0.25) is 0 Å². The predicted molar refractivity (Wildman–Crippen MR) is 220 cm³/mol. The molecule has 0 atom stereocenters. The molecule has 17 heteroatoms. The second-order valence-electron chi connectivity index (χ2n) is 13.0. The van der Waals surface area contributed by atoms with Gasteiger partial charge < -0.3 is 73.9 Å². The smallest absolute Gasteiger partial charge is 0.162 e. The molecular weight excluding hydrogens is 910 g/mol. The van der Waals surface area contributed by atoms with Crippen LogP contribution in [0.25, 0.3) is 0 Å². The number of hydrogen-bond acceptors (Lipinski definition) is 16. The fraction of sp³-hybridized carbons (Fsp3) is 0.571. The molecule has 0 amide bonds. The Morgan fingerprint density at radius 1 is 0.424 bits per heavy atom. The average molecular weight is 976 g/mol. The van der Waals surface area contributed by atoms with Crippen molar-refractivity contribution in [3.63, 3.8) is 0 Å². The van der Waals surface area contributed by atoms with Crippen molar-refractivity contribution >= 4 is 0 Å². The summed E-state index contributed by atoms with van der Waals surface area (Å²) in [5.41, 5.74) is 2.21. The molecule has 0 saturated heterocycles. The van der Waals surface area contributed by atoms with Crippen molar-refractivity contribution in [2.45, 2.75) is 19.6 Å². The summed E-state index contributed by atoms with van der Waals surface area (Å²) < 4.78 is 48.5. The summed E-state index contributed by atoms with van der Waals surface area (Å²) in [6.07, 6.45) is 0. The zero-order valence-electron chi connectivity index (χ0n) is 34.9. The van der Waals surface area contributed by atoms with Crippen LogP contribution in [0.4, 0.5) is 0 Å². The summed E-state index contributed by atoms with van der Waals surface area (Å²) in [6, 6.07) is 16.4. The van der Waals surface area contributed by atoms with E-state index in [9.17, 15) is 15.3 Å². The van der Waals surface area contributed by atoms with E-state index in [0.29, 0.717) is 136 Å². The van der Waals surface area contributed by atoms with E-state index in [0.717, 1.165) is 36.3 Å². The number of aromatic hydroxyl groups is 3. The number of rotatable bonds is 36. The molecule has 0 aromatic heterocycles. The van der Waals surface area contributed by atoms with E-state index < -0.39 is 0 Å². The summed E-state index contributed by atoms with van der Waals surface area (Å²) >= 11 is 0. The van der Waals surface area contributed by atoms with Crippen LogP contribution >= 0.6 is 0 Å². The fourth-order valence-corrected chi connectivity index (χ4v) is 5.56. The van der Waals surface area contributed by atoms with E-state index in [1.807, 2.05) is 36.4 Å². The molecule has 0 bridgehead atoms. The molecule has 0 heterocycles. The van der Waals surface area contributed by atoms with Gasteiger partial charge in [0.1, 0.15) is 19.8 Å². The number of benzene rings is 3. The largest absolute Gasteiger partial charge is 0.504 e.